The zero-order valence-corrected chi connectivity index (χ0v) is 13.7. The van der Waals surface area contributed by atoms with Gasteiger partial charge in [0.25, 0.3) is 5.91 Å². The standard InChI is InChI=1S/C16H23N3OS/c1-11(2)8-9-19(3)10-13-12-6-4-5-7-14(12)21-15(13)16(20)18-17/h4-7,11H,8-10,17H2,1-3H3,(H,18,20). The number of nitrogens with two attached hydrogens (primary N) is 1. The van der Waals surface area contributed by atoms with E-state index in [9.17, 15) is 4.79 Å². The summed E-state index contributed by atoms with van der Waals surface area (Å²) in [6, 6.07) is 8.13. The number of carbonyl (C=O) groups is 1. The van der Waals surface area contributed by atoms with Crippen molar-refractivity contribution in [3.8, 4) is 0 Å². The van der Waals surface area contributed by atoms with Crippen LogP contribution in [0.15, 0.2) is 24.3 Å². The lowest BCUT2D eigenvalue weighted by molar-refractivity contribution is 0.0956. The van der Waals surface area contributed by atoms with E-state index in [0.717, 1.165) is 40.0 Å². The first-order valence-electron chi connectivity index (χ1n) is 7.22. The molecule has 114 valence electrons. The Morgan fingerprint density at radius 1 is 1.38 bits per heavy atom. The predicted molar refractivity (Wildman–Crippen MR) is 89.3 cm³/mol. The molecule has 5 heteroatoms. The highest BCUT2D eigenvalue weighted by Gasteiger charge is 2.18. The van der Waals surface area contributed by atoms with Crippen LogP contribution in [-0.2, 0) is 6.54 Å². The summed E-state index contributed by atoms with van der Waals surface area (Å²) in [5.41, 5.74) is 3.33. The molecule has 0 atom stereocenters. The first kappa shape index (κ1) is 15.9. The molecule has 4 nitrogen and oxygen atoms in total. The Labute approximate surface area is 129 Å². The highest BCUT2D eigenvalue weighted by molar-refractivity contribution is 7.21. The Balaban J connectivity index is 2.29. The molecule has 21 heavy (non-hydrogen) atoms. The van der Waals surface area contributed by atoms with Crippen LogP contribution >= 0.6 is 11.3 Å². The van der Waals surface area contributed by atoms with E-state index >= 15 is 0 Å². The van der Waals surface area contributed by atoms with E-state index in [1.807, 2.05) is 18.2 Å². The van der Waals surface area contributed by atoms with Crippen LogP contribution in [-0.4, -0.2) is 24.4 Å². The van der Waals surface area contributed by atoms with Crippen LogP contribution in [0, 0.1) is 5.92 Å². The third-order valence-corrected chi connectivity index (χ3v) is 4.76. The van der Waals surface area contributed by atoms with Crippen molar-refractivity contribution < 1.29 is 4.79 Å². The maximum atomic E-state index is 12.0. The SMILES string of the molecule is CC(C)CCN(C)Cc1c(C(=O)NN)sc2ccccc12. The first-order chi connectivity index (χ1) is 10.0. The summed E-state index contributed by atoms with van der Waals surface area (Å²) in [5, 5.41) is 1.15. The number of nitrogen functional groups attached to an aromatic ring is 1. The smallest absolute Gasteiger partial charge is 0.275 e. The number of carbonyl (C=O) groups excluding carboxylic acids is 1. The monoisotopic (exact) mass is 305 g/mol. The minimum absolute atomic E-state index is 0.205. The maximum absolute atomic E-state index is 12.0. The second-order valence-corrected chi connectivity index (χ2v) is 6.85. The minimum atomic E-state index is -0.205. The van der Waals surface area contributed by atoms with Gasteiger partial charge in [-0.3, -0.25) is 10.2 Å². The van der Waals surface area contributed by atoms with Gasteiger partial charge in [-0.25, -0.2) is 5.84 Å². The molecular formula is C16H23N3OS. The molecule has 0 unspecified atom stereocenters. The van der Waals surface area contributed by atoms with E-state index in [4.69, 9.17) is 5.84 Å². The number of thiophene rings is 1. The molecule has 1 amide bonds. The van der Waals surface area contributed by atoms with Crippen LogP contribution < -0.4 is 11.3 Å². The fourth-order valence-corrected chi connectivity index (χ4v) is 3.45. The summed E-state index contributed by atoms with van der Waals surface area (Å²) in [5.74, 6) is 5.79. The van der Waals surface area contributed by atoms with Gasteiger partial charge in [-0.2, -0.15) is 0 Å². The summed E-state index contributed by atoms with van der Waals surface area (Å²) in [6.45, 7) is 6.23. The van der Waals surface area contributed by atoms with Crippen molar-refractivity contribution in [2.45, 2.75) is 26.8 Å². The highest BCUT2D eigenvalue weighted by atomic mass is 32.1. The molecule has 3 N–H and O–H groups in total. The molecule has 1 aromatic carbocycles. The number of rotatable bonds is 6. The molecule has 2 aromatic rings. The molecule has 0 aliphatic carbocycles. The van der Waals surface area contributed by atoms with Gasteiger partial charge in [0.05, 0.1) is 4.88 Å². The van der Waals surface area contributed by atoms with Gasteiger partial charge in [0.2, 0.25) is 0 Å². The molecule has 2 rings (SSSR count). The summed E-state index contributed by atoms with van der Waals surface area (Å²) in [7, 11) is 2.10. The van der Waals surface area contributed by atoms with Crippen molar-refractivity contribution in [1.82, 2.24) is 10.3 Å². The molecule has 0 aliphatic heterocycles. The third kappa shape index (κ3) is 3.81. The van der Waals surface area contributed by atoms with Gasteiger partial charge in [0.1, 0.15) is 0 Å². The lowest BCUT2D eigenvalue weighted by Crippen LogP contribution is -2.30. The van der Waals surface area contributed by atoms with E-state index < -0.39 is 0 Å². The number of hydrogen-bond acceptors (Lipinski definition) is 4. The lowest BCUT2D eigenvalue weighted by Gasteiger charge is -2.18. The Kier molecular flexibility index (Phi) is 5.33. The van der Waals surface area contributed by atoms with E-state index in [2.05, 4.69) is 37.3 Å². The van der Waals surface area contributed by atoms with Gasteiger partial charge in [-0.15, -0.1) is 11.3 Å². The van der Waals surface area contributed by atoms with Crippen molar-refractivity contribution in [2.24, 2.45) is 11.8 Å². The lowest BCUT2D eigenvalue weighted by atomic mass is 10.1. The molecule has 0 saturated heterocycles. The topological polar surface area (TPSA) is 58.4 Å². The van der Waals surface area contributed by atoms with Crippen LogP contribution in [0.2, 0.25) is 0 Å². The van der Waals surface area contributed by atoms with Crippen molar-refractivity contribution in [3.05, 3.63) is 34.7 Å². The molecular weight excluding hydrogens is 282 g/mol. The fourth-order valence-electron chi connectivity index (χ4n) is 2.33. The number of hydrazine groups is 1. The van der Waals surface area contributed by atoms with Crippen molar-refractivity contribution >= 4 is 27.3 Å². The van der Waals surface area contributed by atoms with E-state index in [1.165, 1.54) is 11.3 Å². The number of nitrogens with one attached hydrogen (secondary N) is 1. The number of amides is 1. The van der Waals surface area contributed by atoms with Crippen LogP contribution in [0.1, 0.15) is 35.5 Å². The Morgan fingerprint density at radius 2 is 2.10 bits per heavy atom. The van der Waals surface area contributed by atoms with Crippen molar-refractivity contribution in [2.75, 3.05) is 13.6 Å². The maximum Gasteiger partial charge on any atom is 0.275 e. The molecule has 0 aliphatic rings. The molecule has 1 aromatic heterocycles. The second-order valence-electron chi connectivity index (χ2n) is 5.80. The Morgan fingerprint density at radius 3 is 2.76 bits per heavy atom. The molecule has 0 bridgehead atoms. The van der Waals surface area contributed by atoms with Crippen molar-refractivity contribution in [3.63, 3.8) is 0 Å². The number of benzene rings is 1. The van der Waals surface area contributed by atoms with Crippen LogP contribution in [0.25, 0.3) is 10.1 Å². The van der Waals surface area contributed by atoms with E-state index in [1.54, 1.807) is 0 Å². The van der Waals surface area contributed by atoms with Gasteiger partial charge in [0.15, 0.2) is 0 Å². The number of fused-ring (bicyclic) bond motifs is 1. The average molecular weight is 305 g/mol. The van der Waals surface area contributed by atoms with Gasteiger partial charge in [0, 0.05) is 11.2 Å². The summed E-state index contributed by atoms with van der Waals surface area (Å²) < 4.78 is 1.13. The molecule has 0 radical (unpaired) electrons. The zero-order chi connectivity index (χ0) is 15.4. The zero-order valence-electron chi connectivity index (χ0n) is 12.8. The Hall–Kier alpha value is -1.43. The largest absolute Gasteiger partial charge is 0.302 e. The van der Waals surface area contributed by atoms with Crippen LogP contribution in [0.4, 0.5) is 0 Å². The Bertz CT molecular complexity index is 621. The summed E-state index contributed by atoms with van der Waals surface area (Å²) in [6.07, 6.45) is 1.15. The van der Waals surface area contributed by atoms with E-state index in [-0.39, 0.29) is 5.91 Å². The molecule has 0 spiro atoms. The molecule has 0 saturated carbocycles. The third-order valence-electron chi connectivity index (χ3n) is 3.55. The average Bonchev–Trinajstić information content (AvgIpc) is 2.83. The normalized spacial score (nSPS) is 11.5. The quantitative estimate of drug-likeness (QED) is 0.490. The van der Waals surface area contributed by atoms with E-state index in [0.29, 0.717) is 5.92 Å². The highest BCUT2D eigenvalue weighted by Crippen LogP contribution is 2.32. The van der Waals surface area contributed by atoms with Crippen molar-refractivity contribution in [1.29, 1.82) is 0 Å². The van der Waals surface area contributed by atoms with Crippen LogP contribution in [0.3, 0.4) is 0 Å². The van der Waals surface area contributed by atoms with Gasteiger partial charge < -0.3 is 4.90 Å². The summed E-state index contributed by atoms with van der Waals surface area (Å²) >= 11 is 1.50. The minimum Gasteiger partial charge on any atom is -0.302 e. The summed E-state index contributed by atoms with van der Waals surface area (Å²) in [4.78, 5) is 15.0. The predicted octanol–water partition coefficient (Wildman–Crippen LogP) is 2.98. The van der Waals surface area contributed by atoms with Gasteiger partial charge in [-0.1, -0.05) is 32.0 Å². The second kappa shape index (κ2) is 7.02. The number of hydrogen-bond donors (Lipinski definition) is 2. The van der Waals surface area contributed by atoms with Gasteiger partial charge in [-0.05, 0) is 42.9 Å². The fraction of sp³-hybridized carbons (Fsp3) is 0.438. The first-order valence-corrected chi connectivity index (χ1v) is 8.04. The molecule has 0 fully saturated rings. The number of nitrogens with zero attached hydrogens (tertiary/aromatic N) is 1. The van der Waals surface area contributed by atoms with Crippen LogP contribution in [0.5, 0.6) is 0 Å². The molecule has 1 heterocycles. The van der Waals surface area contributed by atoms with Gasteiger partial charge >= 0.3 is 0 Å².